The molecule has 60 valence electrons. The molecular weight excluding hydrogens is 174 g/mol. The van der Waals surface area contributed by atoms with Gasteiger partial charge in [-0.2, -0.15) is 0 Å². The highest BCUT2D eigenvalue weighted by atomic mass is 32.1. The van der Waals surface area contributed by atoms with Crippen molar-refractivity contribution in [3.05, 3.63) is 28.9 Å². The van der Waals surface area contributed by atoms with E-state index in [0.29, 0.717) is 10.6 Å². The van der Waals surface area contributed by atoms with Crippen LogP contribution in [-0.4, -0.2) is 11.3 Å². The first-order chi connectivity index (χ1) is 5.90. The van der Waals surface area contributed by atoms with Gasteiger partial charge < -0.3 is 4.42 Å². The predicted molar refractivity (Wildman–Crippen MR) is 45.2 cm³/mol. The molecule has 0 aromatic carbocycles. The highest BCUT2D eigenvalue weighted by molar-refractivity contribution is 7.12. The van der Waals surface area contributed by atoms with Crippen molar-refractivity contribution in [2.24, 2.45) is 0 Å². The van der Waals surface area contributed by atoms with Crippen LogP contribution in [0.15, 0.2) is 28.5 Å². The van der Waals surface area contributed by atoms with Gasteiger partial charge in [-0.15, -0.1) is 11.3 Å². The molecule has 0 amide bonds. The molecule has 0 saturated carbocycles. The molecule has 0 fully saturated rings. The van der Waals surface area contributed by atoms with Crippen molar-refractivity contribution in [3.63, 3.8) is 0 Å². The molecular formula is C8H5NO2S. The first-order valence-electron chi connectivity index (χ1n) is 3.33. The van der Waals surface area contributed by atoms with Crippen LogP contribution < -0.4 is 0 Å². The number of aromatic nitrogens is 1. The zero-order chi connectivity index (χ0) is 8.39. The Bertz CT molecular complexity index is 377. The molecule has 0 N–H and O–H groups in total. The number of carbonyl (C=O) groups is 1. The molecule has 2 aromatic heterocycles. The van der Waals surface area contributed by atoms with Crippen LogP contribution in [-0.2, 0) is 0 Å². The lowest BCUT2D eigenvalue weighted by Gasteiger charge is -1.84. The first-order valence-corrected chi connectivity index (χ1v) is 4.20. The van der Waals surface area contributed by atoms with Crippen molar-refractivity contribution >= 4 is 17.6 Å². The van der Waals surface area contributed by atoms with E-state index in [4.69, 9.17) is 4.42 Å². The molecule has 0 spiro atoms. The smallest absolute Gasteiger partial charge is 0.181 e. The second-order valence-corrected chi connectivity index (χ2v) is 3.16. The lowest BCUT2D eigenvalue weighted by Crippen LogP contribution is -1.67. The summed E-state index contributed by atoms with van der Waals surface area (Å²) in [5, 5.41) is 1.87. The average molecular weight is 179 g/mol. The number of aldehydes is 1. The molecule has 12 heavy (non-hydrogen) atoms. The Hall–Kier alpha value is -1.42. The van der Waals surface area contributed by atoms with Crippen molar-refractivity contribution in [3.8, 4) is 11.3 Å². The van der Waals surface area contributed by atoms with Gasteiger partial charge in [-0.25, -0.2) is 4.98 Å². The highest BCUT2D eigenvalue weighted by Gasteiger charge is 2.03. The third-order valence-corrected chi connectivity index (χ3v) is 2.31. The maximum atomic E-state index is 10.4. The molecule has 0 aliphatic rings. The lowest BCUT2D eigenvalue weighted by molar-refractivity contribution is 0.112. The van der Waals surface area contributed by atoms with E-state index in [9.17, 15) is 4.79 Å². The van der Waals surface area contributed by atoms with Gasteiger partial charge in [0.1, 0.15) is 0 Å². The minimum absolute atomic E-state index is 0.694. The number of rotatable bonds is 2. The maximum absolute atomic E-state index is 10.4. The minimum atomic E-state index is 0.694. The van der Waals surface area contributed by atoms with Crippen molar-refractivity contribution < 1.29 is 9.21 Å². The van der Waals surface area contributed by atoms with Gasteiger partial charge >= 0.3 is 0 Å². The molecule has 0 aliphatic carbocycles. The van der Waals surface area contributed by atoms with Gasteiger partial charge in [0.15, 0.2) is 18.4 Å². The van der Waals surface area contributed by atoms with Crippen LogP contribution in [0.2, 0.25) is 0 Å². The molecule has 2 heterocycles. The van der Waals surface area contributed by atoms with Crippen molar-refractivity contribution in [2.45, 2.75) is 0 Å². The largest absolute Gasteiger partial charge is 0.443 e. The highest BCUT2D eigenvalue weighted by Crippen LogP contribution is 2.23. The number of hydrogen-bond acceptors (Lipinski definition) is 4. The van der Waals surface area contributed by atoms with Gasteiger partial charge in [-0.05, 0) is 6.07 Å². The number of thiophene rings is 1. The van der Waals surface area contributed by atoms with E-state index in [0.717, 1.165) is 11.8 Å². The van der Waals surface area contributed by atoms with Gasteiger partial charge in [0.05, 0.1) is 11.1 Å². The standard InChI is InChI=1S/C8H5NO2S/c10-3-7-1-6(4-12-7)8-2-9-5-11-8/h1-5H. The van der Waals surface area contributed by atoms with Crippen molar-refractivity contribution in [1.29, 1.82) is 0 Å². The molecule has 2 rings (SSSR count). The Morgan fingerprint density at radius 2 is 2.50 bits per heavy atom. The van der Waals surface area contributed by atoms with Crippen molar-refractivity contribution in [1.82, 2.24) is 4.98 Å². The van der Waals surface area contributed by atoms with Crippen LogP contribution in [0, 0.1) is 0 Å². The molecule has 0 aliphatic heterocycles. The van der Waals surface area contributed by atoms with E-state index < -0.39 is 0 Å². The van der Waals surface area contributed by atoms with Crippen LogP contribution in [0.25, 0.3) is 11.3 Å². The second kappa shape index (κ2) is 2.91. The van der Waals surface area contributed by atoms with E-state index in [2.05, 4.69) is 4.98 Å². The van der Waals surface area contributed by atoms with Crippen LogP contribution in [0.3, 0.4) is 0 Å². The van der Waals surface area contributed by atoms with Crippen LogP contribution >= 0.6 is 11.3 Å². The van der Waals surface area contributed by atoms with Gasteiger partial charge in [0, 0.05) is 10.9 Å². The van der Waals surface area contributed by atoms with Gasteiger partial charge in [0.25, 0.3) is 0 Å². The summed E-state index contributed by atoms with van der Waals surface area (Å²) in [6, 6.07) is 1.78. The third kappa shape index (κ3) is 1.16. The molecule has 0 atom stereocenters. The normalized spacial score (nSPS) is 10.0. The van der Waals surface area contributed by atoms with Gasteiger partial charge in [-0.1, -0.05) is 0 Å². The predicted octanol–water partition coefficient (Wildman–Crippen LogP) is 2.22. The summed E-state index contributed by atoms with van der Waals surface area (Å²) < 4.78 is 5.06. The van der Waals surface area contributed by atoms with Crippen LogP contribution in [0.4, 0.5) is 0 Å². The fraction of sp³-hybridized carbons (Fsp3) is 0. The zero-order valence-corrected chi connectivity index (χ0v) is 6.88. The first kappa shape index (κ1) is 7.24. The fourth-order valence-corrected chi connectivity index (χ4v) is 1.60. The molecule has 0 bridgehead atoms. The van der Waals surface area contributed by atoms with E-state index in [1.54, 1.807) is 12.3 Å². The summed E-state index contributed by atoms with van der Waals surface area (Å²) in [7, 11) is 0. The monoisotopic (exact) mass is 179 g/mol. The van der Waals surface area contributed by atoms with Crippen LogP contribution in [0.1, 0.15) is 9.67 Å². The Labute approximate surface area is 72.7 Å². The fourth-order valence-electron chi connectivity index (χ4n) is 0.902. The Morgan fingerprint density at radius 3 is 3.08 bits per heavy atom. The number of hydrogen-bond donors (Lipinski definition) is 0. The Morgan fingerprint density at radius 1 is 1.58 bits per heavy atom. The van der Waals surface area contributed by atoms with Crippen LogP contribution in [0.5, 0.6) is 0 Å². The van der Waals surface area contributed by atoms with E-state index in [-0.39, 0.29) is 0 Å². The second-order valence-electron chi connectivity index (χ2n) is 2.22. The lowest BCUT2D eigenvalue weighted by atomic mass is 10.3. The summed E-state index contributed by atoms with van der Waals surface area (Å²) in [5.41, 5.74) is 0.902. The third-order valence-electron chi connectivity index (χ3n) is 1.45. The summed E-state index contributed by atoms with van der Waals surface area (Å²) in [4.78, 5) is 14.8. The zero-order valence-electron chi connectivity index (χ0n) is 6.06. The minimum Gasteiger partial charge on any atom is -0.443 e. The molecule has 4 heteroatoms. The van der Waals surface area contributed by atoms with E-state index in [1.165, 1.54) is 17.7 Å². The number of nitrogens with zero attached hydrogens (tertiary/aromatic N) is 1. The van der Waals surface area contributed by atoms with E-state index >= 15 is 0 Å². The SMILES string of the molecule is O=Cc1cc(-c2cnco2)cs1. The van der Waals surface area contributed by atoms with Gasteiger partial charge in [0.2, 0.25) is 0 Å². The summed E-state index contributed by atoms with van der Waals surface area (Å²) in [6.07, 6.45) is 3.81. The molecule has 3 nitrogen and oxygen atoms in total. The maximum Gasteiger partial charge on any atom is 0.181 e. The molecule has 2 aromatic rings. The molecule has 0 radical (unpaired) electrons. The summed E-state index contributed by atoms with van der Waals surface area (Å²) in [5.74, 6) is 0.694. The summed E-state index contributed by atoms with van der Waals surface area (Å²) >= 11 is 1.39. The van der Waals surface area contributed by atoms with Gasteiger partial charge in [-0.3, -0.25) is 4.79 Å². The Balaban J connectivity index is 2.41. The van der Waals surface area contributed by atoms with Crippen molar-refractivity contribution in [2.75, 3.05) is 0 Å². The summed E-state index contributed by atoms with van der Waals surface area (Å²) in [6.45, 7) is 0. The molecule has 0 saturated heterocycles. The van der Waals surface area contributed by atoms with E-state index in [1.807, 2.05) is 5.38 Å². The quantitative estimate of drug-likeness (QED) is 0.664. The Kier molecular flexibility index (Phi) is 1.75. The number of oxazole rings is 1. The molecule has 0 unspecified atom stereocenters. The average Bonchev–Trinajstić information content (AvgIpc) is 2.75. The number of carbonyl (C=O) groups excluding carboxylic acids is 1. The topological polar surface area (TPSA) is 43.1 Å².